The fourth-order valence-electron chi connectivity index (χ4n) is 1.65. The largest absolute Gasteiger partial charge is 0.122 e. The van der Waals surface area contributed by atoms with E-state index in [2.05, 4.69) is 56.4 Å². The second-order valence-corrected chi connectivity index (χ2v) is 8.68. The Bertz CT molecular complexity index is 314. The van der Waals surface area contributed by atoms with Gasteiger partial charge in [-0.3, -0.25) is 0 Å². The van der Waals surface area contributed by atoms with Crippen molar-refractivity contribution in [3.8, 4) is 0 Å². The van der Waals surface area contributed by atoms with Gasteiger partial charge in [0.05, 0.1) is 0 Å². The van der Waals surface area contributed by atoms with Crippen LogP contribution in [0.15, 0.2) is 41.6 Å². The van der Waals surface area contributed by atoms with E-state index in [0.29, 0.717) is 5.88 Å². The van der Waals surface area contributed by atoms with Crippen molar-refractivity contribution >= 4 is 24.9 Å². The summed E-state index contributed by atoms with van der Waals surface area (Å²) in [6, 6.07) is 10.7. The first-order valence-electron chi connectivity index (χ1n) is 4.90. The predicted molar refractivity (Wildman–Crippen MR) is 68.0 cm³/mol. The molecule has 14 heavy (non-hydrogen) atoms. The maximum atomic E-state index is 5.97. The van der Waals surface area contributed by atoms with Crippen LogP contribution in [0.4, 0.5) is 0 Å². The van der Waals surface area contributed by atoms with Gasteiger partial charge in [-0.15, -0.1) is 11.6 Å². The molecule has 0 amide bonds. The summed E-state index contributed by atoms with van der Waals surface area (Å²) in [5, 5.41) is 2.86. The average Bonchev–Trinajstić information content (AvgIpc) is 2.20. The molecule has 0 fully saturated rings. The first kappa shape index (κ1) is 11.5. The molecule has 0 nitrogen and oxygen atoms in total. The predicted octanol–water partition coefficient (Wildman–Crippen LogP) is 3.33. The fraction of sp³-hybridized carbons (Fsp3) is 0.333. The Labute approximate surface area is 92.6 Å². The molecule has 0 aliphatic rings. The number of hydrogen-bond donors (Lipinski definition) is 0. The van der Waals surface area contributed by atoms with E-state index in [0.717, 1.165) is 0 Å². The molecule has 1 aromatic rings. The fourth-order valence-corrected chi connectivity index (χ4v) is 5.25. The molecule has 0 aliphatic carbocycles. The van der Waals surface area contributed by atoms with Gasteiger partial charge in [0, 0.05) is 5.88 Å². The lowest BCUT2D eigenvalue weighted by atomic mass is 10.4. The lowest BCUT2D eigenvalue weighted by molar-refractivity contribution is 1.51. The molecule has 0 atom stereocenters. The summed E-state index contributed by atoms with van der Waals surface area (Å²) >= 11 is 5.97. The van der Waals surface area contributed by atoms with Gasteiger partial charge in [-0.05, 0) is 6.92 Å². The normalized spacial score (nSPS) is 13.0. The van der Waals surface area contributed by atoms with Crippen molar-refractivity contribution in [1.82, 2.24) is 0 Å². The average molecular weight is 225 g/mol. The molecule has 0 unspecified atom stereocenters. The molecule has 0 saturated carbocycles. The molecule has 0 N–H and O–H groups in total. The van der Waals surface area contributed by atoms with E-state index in [9.17, 15) is 0 Å². The number of allylic oxidation sites excluding steroid dienone is 2. The van der Waals surface area contributed by atoms with Crippen LogP contribution in [0.2, 0.25) is 13.1 Å². The molecular formula is C12H17ClSi. The van der Waals surface area contributed by atoms with Crippen LogP contribution in [0.3, 0.4) is 0 Å². The standard InChI is InChI=1S/C12H17ClSi/c1-4-11(10-13)14(2,3)12-8-6-5-7-9-12/h4-9H,10H2,1-3H3/b11-4+. The molecule has 1 rings (SSSR count). The molecule has 0 aliphatic heterocycles. The smallest absolute Gasteiger partial charge is 0.108 e. The summed E-state index contributed by atoms with van der Waals surface area (Å²) in [4.78, 5) is 0. The molecule has 0 aromatic heterocycles. The molecule has 0 saturated heterocycles. The zero-order valence-electron chi connectivity index (χ0n) is 9.05. The molecule has 76 valence electrons. The third-order valence-corrected chi connectivity index (χ3v) is 7.15. The van der Waals surface area contributed by atoms with E-state index in [1.54, 1.807) is 0 Å². The zero-order valence-corrected chi connectivity index (χ0v) is 10.8. The highest BCUT2D eigenvalue weighted by atomic mass is 35.5. The third-order valence-electron chi connectivity index (χ3n) is 2.79. The van der Waals surface area contributed by atoms with Crippen LogP contribution in [-0.4, -0.2) is 14.0 Å². The van der Waals surface area contributed by atoms with Crippen molar-refractivity contribution in [2.45, 2.75) is 20.0 Å². The Morgan fingerprint density at radius 3 is 2.29 bits per heavy atom. The van der Waals surface area contributed by atoms with Crippen LogP contribution in [0, 0.1) is 0 Å². The first-order chi connectivity index (χ1) is 6.62. The SMILES string of the molecule is C/C=C(\CCl)[Si](C)(C)c1ccccc1. The van der Waals surface area contributed by atoms with Gasteiger partial charge in [0.2, 0.25) is 0 Å². The van der Waals surface area contributed by atoms with Gasteiger partial charge in [0.15, 0.2) is 0 Å². The summed E-state index contributed by atoms with van der Waals surface area (Å²) in [6.45, 7) is 6.77. The zero-order chi connectivity index (χ0) is 10.6. The molecule has 2 heteroatoms. The minimum Gasteiger partial charge on any atom is -0.122 e. The minimum absolute atomic E-state index is 0.657. The summed E-state index contributed by atoms with van der Waals surface area (Å²) in [7, 11) is -1.48. The highest BCUT2D eigenvalue weighted by Crippen LogP contribution is 2.16. The van der Waals surface area contributed by atoms with Gasteiger partial charge >= 0.3 is 0 Å². The van der Waals surface area contributed by atoms with Gasteiger partial charge in [0.25, 0.3) is 0 Å². The molecular weight excluding hydrogens is 208 g/mol. The van der Waals surface area contributed by atoms with Crippen LogP contribution < -0.4 is 5.19 Å². The maximum Gasteiger partial charge on any atom is 0.108 e. The van der Waals surface area contributed by atoms with Crippen molar-refractivity contribution in [1.29, 1.82) is 0 Å². The number of benzene rings is 1. The molecule has 0 bridgehead atoms. The van der Waals surface area contributed by atoms with Crippen LogP contribution in [-0.2, 0) is 0 Å². The second kappa shape index (κ2) is 4.81. The minimum atomic E-state index is -1.48. The van der Waals surface area contributed by atoms with Gasteiger partial charge in [-0.2, -0.15) is 0 Å². The van der Waals surface area contributed by atoms with Gasteiger partial charge in [-0.25, -0.2) is 0 Å². The van der Waals surface area contributed by atoms with Crippen molar-refractivity contribution < 1.29 is 0 Å². The topological polar surface area (TPSA) is 0 Å². The summed E-state index contributed by atoms with van der Waals surface area (Å²) in [5.41, 5.74) is 0. The van der Waals surface area contributed by atoms with E-state index < -0.39 is 8.07 Å². The Balaban J connectivity index is 3.07. The van der Waals surface area contributed by atoms with Crippen molar-refractivity contribution in [2.24, 2.45) is 0 Å². The number of rotatable bonds is 3. The van der Waals surface area contributed by atoms with Crippen LogP contribution in [0.1, 0.15) is 6.92 Å². The maximum absolute atomic E-state index is 5.97. The molecule has 1 aromatic carbocycles. The van der Waals surface area contributed by atoms with Gasteiger partial charge < -0.3 is 0 Å². The van der Waals surface area contributed by atoms with Crippen molar-refractivity contribution in [3.63, 3.8) is 0 Å². The van der Waals surface area contributed by atoms with E-state index in [-0.39, 0.29) is 0 Å². The van der Waals surface area contributed by atoms with Gasteiger partial charge in [-0.1, -0.05) is 59.9 Å². The Morgan fingerprint density at radius 2 is 1.86 bits per heavy atom. The summed E-state index contributed by atoms with van der Waals surface area (Å²) in [6.07, 6.45) is 2.17. The highest BCUT2D eigenvalue weighted by Gasteiger charge is 2.26. The van der Waals surface area contributed by atoms with Crippen LogP contribution in [0.25, 0.3) is 0 Å². The van der Waals surface area contributed by atoms with Crippen LogP contribution >= 0.6 is 11.6 Å². The Morgan fingerprint density at radius 1 is 1.29 bits per heavy atom. The lowest BCUT2D eigenvalue weighted by Gasteiger charge is -2.25. The first-order valence-corrected chi connectivity index (χ1v) is 8.43. The quantitative estimate of drug-likeness (QED) is 0.546. The molecule has 0 spiro atoms. The lowest BCUT2D eigenvalue weighted by Crippen LogP contribution is -2.44. The van der Waals surface area contributed by atoms with Crippen molar-refractivity contribution in [2.75, 3.05) is 5.88 Å². The highest BCUT2D eigenvalue weighted by molar-refractivity contribution is 6.96. The van der Waals surface area contributed by atoms with E-state index in [4.69, 9.17) is 11.6 Å². The number of alkyl halides is 1. The monoisotopic (exact) mass is 224 g/mol. The van der Waals surface area contributed by atoms with E-state index in [1.165, 1.54) is 10.4 Å². The van der Waals surface area contributed by atoms with E-state index >= 15 is 0 Å². The number of hydrogen-bond acceptors (Lipinski definition) is 0. The Hall–Kier alpha value is -0.533. The van der Waals surface area contributed by atoms with Gasteiger partial charge in [0.1, 0.15) is 8.07 Å². The van der Waals surface area contributed by atoms with Crippen molar-refractivity contribution in [3.05, 3.63) is 41.6 Å². The van der Waals surface area contributed by atoms with Crippen LogP contribution in [0.5, 0.6) is 0 Å². The molecule has 0 heterocycles. The number of halogens is 1. The van der Waals surface area contributed by atoms with E-state index in [1.807, 2.05) is 0 Å². The summed E-state index contributed by atoms with van der Waals surface area (Å²) < 4.78 is 0. The second-order valence-electron chi connectivity index (χ2n) is 3.94. The molecule has 0 radical (unpaired) electrons. The third kappa shape index (κ3) is 2.28. The Kier molecular flexibility index (Phi) is 3.96. The summed E-state index contributed by atoms with van der Waals surface area (Å²) in [5.74, 6) is 0.657.